The summed E-state index contributed by atoms with van der Waals surface area (Å²) in [7, 11) is 3.45. The van der Waals surface area contributed by atoms with Gasteiger partial charge in [0.1, 0.15) is 18.1 Å². The number of thiophene rings is 1. The molecule has 4 nitrogen and oxygen atoms in total. The lowest BCUT2D eigenvalue weighted by atomic mass is 10.2. The standard InChI is InChI=1S/C17H21NO3S/c1-18(17(19)10-9-16-4-3-13-22-16)11-12-21-15-7-5-14(20-2)6-8-15/h3-8,13H,9-12H2,1-2H3. The summed E-state index contributed by atoms with van der Waals surface area (Å²) >= 11 is 1.69. The van der Waals surface area contributed by atoms with Crippen LogP contribution < -0.4 is 9.47 Å². The maximum Gasteiger partial charge on any atom is 0.222 e. The van der Waals surface area contributed by atoms with Crippen LogP contribution in [0.3, 0.4) is 0 Å². The molecule has 2 rings (SSSR count). The molecule has 118 valence electrons. The van der Waals surface area contributed by atoms with Gasteiger partial charge in [0.15, 0.2) is 0 Å². The van der Waals surface area contributed by atoms with Crippen molar-refractivity contribution in [1.82, 2.24) is 4.90 Å². The molecule has 1 amide bonds. The van der Waals surface area contributed by atoms with Gasteiger partial charge in [-0.05, 0) is 42.1 Å². The summed E-state index contributed by atoms with van der Waals surface area (Å²) in [6.07, 6.45) is 1.35. The molecule has 0 atom stereocenters. The van der Waals surface area contributed by atoms with Gasteiger partial charge in [-0.1, -0.05) is 6.07 Å². The molecule has 0 saturated heterocycles. The van der Waals surface area contributed by atoms with Crippen LogP contribution in [0, 0.1) is 0 Å². The Morgan fingerprint density at radius 1 is 1.18 bits per heavy atom. The zero-order chi connectivity index (χ0) is 15.8. The number of carbonyl (C=O) groups is 1. The topological polar surface area (TPSA) is 38.8 Å². The number of hydrogen-bond donors (Lipinski definition) is 0. The molecule has 0 bridgehead atoms. The maximum atomic E-state index is 12.0. The highest BCUT2D eigenvalue weighted by Gasteiger charge is 2.09. The van der Waals surface area contributed by atoms with E-state index >= 15 is 0 Å². The second-order valence-electron chi connectivity index (χ2n) is 4.92. The smallest absolute Gasteiger partial charge is 0.222 e. The molecule has 0 saturated carbocycles. The lowest BCUT2D eigenvalue weighted by Crippen LogP contribution is -2.30. The summed E-state index contributed by atoms with van der Waals surface area (Å²) < 4.78 is 10.7. The van der Waals surface area contributed by atoms with E-state index in [2.05, 4.69) is 6.07 Å². The molecule has 0 unspecified atom stereocenters. The van der Waals surface area contributed by atoms with E-state index in [4.69, 9.17) is 9.47 Å². The predicted molar refractivity (Wildman–Crippen MR) is 88.8 cm³/mol. The molecule has 22 heavy (non-hydrogen) atoms. The molecule has 1 heterocycles. The van der Waals surface area contributed by atoms with Gasteiger partial charge in [-0.3, -0.25) is 4.79 Å². The number of carbonyl (C=O) groups excluding carboxylic acids is 1. The average molecular weight is 319 g/mol. The highest BCUT2D eigenvalue weighted by Crippen LogP contribution is 2.17. The quantitative estimate of drug-likeness (QED) is 0.750. The van der Waals surface area contributed by atoms with Crippen LogP contribution in [0.2, 0.25) is 0 Å². The van der Waals surface area contributed by atoms with Crippen molar-refractivity contribution in [1.29, 1.82) is 0 Å². The molecule has 1 aromatic heterocycles. The summed E-state index contributed by atoms with van der Waals surface area (Å²) in [5.41, 5.74) is 0. The van der Waals surface area contributed by atoms with Crippen molar-refractivity contribution >= 4 is 17.2 Å². The number of benzene rings is 1. The van der Waals surface area contributed by atoms with E-state index in [0.29, 0.717) is 19.6 Å². The van der Waals surface area contributed by atoms with Crippen molar-refractivity contribution < 1.29 is 14.3 Å². The molecular weight excluding hydrogens is 298 g/mol. The van der Waals surface area contributed by atoms with E-state index in [1.807, 2.05) is 42.8 Å². The first-order chi connectivity index (χ1) is 10.7. The Labute approximate surface area is 135 Å². The van der Waals surface area contributed by atoms with Crippen LogP contribution in [0.5, 0.6) is 11.5 Å². The normalized spacial score (nSPS) is 10.3. The lowest BCUT2D eigenvalue weighted by Gasteiger charge is -2.17. The second kappa shape index (κ2) is 8.44. The van der Waals surface area contributed by atoms with Crippen LogP contribution >= 0.6 is 11.3 Å². The van der Waals surface area contributed by atoms with Crippen molar-refractivity contribution in [2.75, 3.05) is 27.3 Å². The van der Waals surface area contributed by atoms with Crippen molar-refractivity contribution in [3.8, 4) is 11.5 Å². The van der Waals surface area contributed by atoms with Crippen molar-refractivity contribution in [2.45, 2.75) is 12.8 Å². The van der Waals surface area contributed by atoms with Crippen molar-refractivity contribution in [2.24, 2.45) is 0 Å². The van der Waals surface area contributed by atoms with Crippen LogP contribution in [-0.2, 0) is 11.2 Å². The minimum absolute atomic E-state index is 0.145. The van der Waals surface area contributed by atoms with Gasteiger partial charge in [0.2, 0.25) is 5.91 Å². The highest BCUT2D eigenvalue weighted by molar-refractivity contribution is 7.09. The number of ether oxygens (including phenoxy) is 2. The zero-order valence-electron chi connectivity index (χ0n) is 13.0. The SMILES string of the molecule is COc1ccc(OCCN(C)C(=O)CCc2cccs2)cc1. The Morgan fingerprint density at radius 2 is 1.91 bits per heavy atom. The molecule has 2 aromatic rings. The third kappa shape index (κ3) is 5.07. The number of aryl methyl sites for hydroxylation is 1. The Bertz CT molecular complexity index is 566. The lowest BCUT2D eigenvalue weighted by molar-refractivity contribution is -0.130. The molecule has 0 radical (unpaired) electrons. The van der Waals surface area contributed by atoms with E-state index in [-0.39, 0.29) is 5.91 Å². The number of likely N-dealkylation sites (N-methyl/N-ethyl adjacent to an activating group) is 1. The van der Waals surface area contributed by atoms with Crippen LogP contribution in [-0.4, -0.2) is 38.1 Å². The molecule has 0 fully saturated rings. The fourth-order valence-electron chi connectivity index (χ4n) is 1.97. The van der Waals surface area contributed by atoms with Gasteiger partial charge in [-0.25, -0.2) is 0 Å². The van der Waals surface area contributed by atoms with E-state index in [9.17, 15) is 4.79 Å². The molecule has 1 aromatic carbocycles. The fraction of sp³-hybridized carbons (Fsp3) is 0.353. The van der Waals surface area contributed by atoms with Crippen molar-refractivity contribution in [3.63, 3.8) is 0 Å². The summed E-state index contributed by atoms with van der Waals surface area (Å²) in [5, 5.41) is 2.03. The molecule has 0 aliphatic heterocycles. The summed E-state index contributed by atoms with van der Waals surface area (Å²) in [4.78, 5) is 15.0. The van der Waals surface area contributed by atoms with Crippen molar-refractivity contribution in [3.05, 3.63) is 46.7 Å². The average Bonchev–Trinajstić information content (AvgIpc) is 3.06. The Morgan fingerprint density at radius 3 is 2.55 bits per heavy atom. The fourth-order valence-corrected chi connectivity index (χ4v) is 2.68. The molecule has 0 spiro atoms. The van der Waals surface area contributed by atoms with E-state index in [1.165, 1.54) is 4.88 Å². The summed E-state index contributed by atoms with van der Waals surface area (Å²) in [6, 6.07) is 11.5. The number of amides is 1. The zero-order valence-corrected chi connectivity index (χ0v) is 13.8. The number of rotatable bonds is 8. The van der Waals surface area contributed by atoms with Gasteiger partial charge in [0.25, 0.3) is 0 Å². The van der Waals surface area contributed by atoms with E-state index < -0.39 is 0 Å². The second-order valence-corrected chi connectivity index (χ2v) is 5.95. The number of methoxy groups -OCH3 is 1. The van der Waals surface area contributed by atoms with E-state index in [0.717, 1.165) is 17.9 Å². The Hall–Kier alpha value is -2.01. The monoisotopic (exact) mass is 319 g/mol. The Balaban J connectivity index is 1.67. The summed E-state index contributed by atoms with van der Waals surface area (Å²) in [5.74, 6) is 1.72. The number of hydrogen-bond acceptors (Lipinski definition) is 4. The molecule has 0 N–H and O–H groups in total. The number of nitrogens with zero attached hydrogens (tertiary/aromatic N) is 1. The van der Waals surface area contributed by atoms with Crippen LogP contribution in [0.4, 0.5) is 0 Å². The highest BCUT2D eigenvalue weighted by atomic mass is 32.1. The molecular formula is C17H21NO3S. The molecule has 5 heteroatoms. The largest absolute Gasteiger partial charge is 0.497 e. The van der Waals surface area contributed by atoms with Crippen LogP contribution in [0.25, 0.3) is 0 Å². The first-order valence-corrected chi connectivity index (χ1v) is 8.10. The van der Waals surface area contributed by atoms with Gasteiger partial charge in [-0.2, -0.15) is 0 Å². The van der Waals surface area contributed by atoms with Gasteiger partial charge < -0.3 is 14.4 Å². The third-order valence-corrected chi connectivity index (χ3v) is 4.28. The first-order valence-electron chi connectivity index (χ1n) is 7.22. The van der Waals surface area contributed by atoms with Crippen LogP contribution in [0.15, 0.2) is 41.8 Å². The minimum Gasteiger partial charge on any atom is -0.497 e. The van der Waals surface area contributed by atoms with E-state index in [1.54, 1.807) is 23.3 Å². The van der Waals surface area contributed by atoms with Gasteiger partial charge in [0, 0.05) is 18.3 Å². The van der Waals surface area contributed by atoms with Gasteiger partial charge in [-0.15, -0.1) is 11.3 Å². The van der Waals surface area contributed by atoms with Crippen LogP contribution in [0.1, 0.15) is 11.3 Å². The predicted octanol–water partition coefficient (Wildman–Crippen LogP) is 3.23. The summed E-state index contributed by atoms with van der Waals surface area (Å²) in [6.45, 7) is 1.06. The third-order valence-electron chi connectivity index (χ3n) is 3.35. The molecule has 0 aliphatic carbocycles. The minimum atomic E-state index is 0.145. The molecule has 0 aliphatic rings. The maximum absolute atomic E-state index is 12.0. The Kier molecular flexibility index (Phi) is 6.27. The van der Waals surface area contributed by atoms with Gasteiger partial charge in [0.05, 0.1) is 13.7 Å². The van der Waals surface area contributed by atoms with Gasteiger partial charge >= 0.3 is 0 Å². The first kappa shape index (κ1) is 16.4.